The fourth-order valence-corrected chi connectivity index (χ4v) is 3.02. The maximum Gasteiger partial charge on any atom is 0.299 e. The molecule has 166 valence electrons. The zero-order valence-electron chi connectivity index (χ0n) is 15.8. The van der Waals surface area contributed by atoms with Gasteiger partial charge in [0.05, 0.1) is 22.5 Å². The minimum Gasteiger partial charge on any atom is -0.482 e. The van der Waals surface area contributed by atoms with Gasteiger partial charge in [-0.25, -0.2) is 0 Å². The van der Waals surface area contributed by atoms with Gasteiger partial charge in [0, 0.05) is 11.8 Å². The minimum absolute atomic E-state index is 0.0361. The van der Waals surface area contributed by atoms with Gasteiger partial charge < -0.3 is 35.2 Å². The average molecular weight is 437 g/mol. The first kappa shape index (κ1) is 22.3. The van der Waals surface area contributed by atoms with Gasteiger partial charge in [-0.2, -0.15) is 0 Å². The first-order chi connectivity index (χ1) is 14.7. The van der Waals surface area contributed by atoms with Crippen molar-refractivity contribution in [3.8, 4) is 5.75 Å². The molecule has 0 unspecified atom stereocenters. The predicted molar refractivity (Wildman–Crippen MR) is 104 cm³/mol. The number of rotatable bonds is 7. The number of ether oxygens (including phenoxy) is 2. The molecule has 31 heavy (non-hydrogen) atoms. The lowest BCUT2D eigenvalue weighted by Crippen LogP contribution is -2.60. The van der Waals surface area contributed by atoms with Gasteiger partial charge in [0.1, 0.15) is 29.7 Å². The highest BCUT2D eigenvalue weighted by atomic mass is 16.7. The van der Waals surface area contributed by atoms with E-state index in [1.54, 1.807) is 0 Å². The zero-order chi connectivity index (χ0) is 22.7. The van der Waals surface area contributed by atoms with E-state index in [0.717, 1.165) is 12.1 Å². The number of non-ortho nitro benzene ring substituents is 1. The molecule has 1 heterocycles. The molecule has 0 saturated carbocycles. The number of hydrogen-bond donors (Lipinski definition) is 5. The second-order valence-electron chi connectivity index (χ2n) is 6.68. The molecule has 5 N–H and O–H groups in total. The van der Waals surface area contributed by atoms with Crippen LogP contribution in [-0.2, 0) is 4.74 Å². The zero-order valence-corrected chi connectivity index (χ0v) is 15.8. The van der Waals surface area contributed by atoms with E-state index in [1.807, 2.05) is 0 Å². The van der Waals surface area contributed by atoms with Crippen LogP contribution in [0.1, 0.15) is 0 Å². The van der Waals surface area contributed by atoms with E-state index in [4.69, 9.17) is 14.6 Å². The summed E-state index contributed by atoms with van der Waals surface area (Å²) in [5.74, 6) is 0.185. The molecular formula is C18H19N3O10. The fourth-order valence-electron chi connectivity index (χ4n) is 3.02. The van der Waals surface area contributed by atoms with Crippen molar-refractivity contribution in [1.82, 2.24) is 0 Å². The molecule has 13 nitrogen and oxygen atoms in total. The predicted octanol–water partition coefficient (Wildman–Crippen LogP) is 0.425. The summed E-state index contributed by atoms with van der Waals surface area (Å²) in [6.07, 6.45) is -7.08. The van der Waals surface area contributed by atoms with Crippen molar-refractivity contribution in [3.63, 3.8) is 0 Å². The van der Waals surface area contributed by atoms with Crippen LogP contribution in [0.3, 0.4) is 0 Å². The number of nitro groups is 2. The van der Waals surface area contributed by atoms with E-state index in [2.05, 4.69) is 5.32 Å². The van der Waals surface area contributed by atoms with Crippen molar-refractivity contribution in [3.05, 3.63) is 62.7 Å². The Balaban J connectivity index is 1.73. The van der Waals surface area contributed by atoms with Crippen molar-refractivity contribution in [2.24, 2.45) is 0 Å². The Kier molecular flexibility index (Phi) is 6.62. The molecule has 5 atom stereocenters. The summed E-state index contributed by atoms with van der Waals surface area (Å²) in [4.78, 5) is 20.6. The number of nitrogens with zero attached hydrogens (tertiary/aromatic N) is 2. The van der Waals surface area contributed by atoms with Gasteiger partial charge in [-0.3, -0.25) is 20.2 Å². The molecule has 0 amide bonds. The van der Waals surface area contributed by atoms with Gasteiger partial charge in [-0.1, -0.05) is 0 Å². The molecule has 1 aliphatic rings. The average Bonchev–Trinajstić information content (AvgIpc) is 2.74. The molecule has 0 radical (unpaired) electrons. The first-order valence-corrected chi connectivity index (χ1v) is 8.98. The molecule has 0 aromatic heterocycles. The molecule has 2 aromatic rings. The number of aliphatic hydroxyl groups excluding tert-OH is 4. The lowest BCUT2D eigenvalue weighted by Gasteiger charge is -2.39. The molecule has 2 aromatic carbocycles. The van der Waals surface area contributed by atoms with Gasteiger partial charge >= 0.3 is 0 Å². The third-order valence-electron chi connectivity index (χ3n) is 4.64. The largest absolute Gasteiger partial charge is 0.482 e. The van der Waals surface area contributed by atoms with Crippen LogP contribution in [0.2, 0.25) is 0 Å². The van der Waals surface area contributed by atoms with Gasteiger partial charge in [0.15, 0.2) is 12.4 Å². The van der Waals surface area contributed by atoms with E-state index in [9.17, 15) is 35.5 Å². The Bertz CT molecular complexity index is 954. The summed E-state index contributed by atoms with van der Waals surface area (Å²) in [6.45, 7) is -0.600. The van der Waals surface area contributed by atoms with Crippen LogP contribution < -0.4 is 10.1 Å². The van der Waals surface area contributed by atoms with E-state index in [0.29, 0.717) is 5.69 Å². The minimum atomic E-state index is -1.60. The number of hydrogen-bond acceptors (Lipinski definition) is 11. The summed E-state index contributed by atoms with van der Waals surface area (Å²) >= 11 is 0. The first-order valence-electron chi connectivity index (χ1n) is 8.98. The molecule has 13 heteroatoms. The van der Waals surface area contributed by atoms with E-state index >= 15 is 0 Å². The number of aliphatic hydroxyl groups is 4. The van der Waals surface area contributed by atoms with Crippen molar-refractivity contribution < 1.29 is 39.7 Å². The number of nitrogens with one attached hydrogen (secondary N) is 1. The van der Waals surface area contributed by atoms with Crippen LogP contribution >= 0.6 is 0 Å². The van der Waals surface area contributed by atoms with Gasteiger partial charge in [-0.05, 0) is 30.3 Å². The van der Waals surface area contributed by atoms with Crippen LogP contribution in [0.25, 0.3) is 0 Å². The third-order valence-corrected chi connectivity index (χ3v) is 4.64. The number of benzene rings is 2. The molecule has 3 rings (SSSR count). The maximum absolute atomic E-state index is 11.2. The second kappa shape index (κ2) is 9.20. The lowest BCUT2D eigenvalue weighted by molar-refractivity contribution is -0.393. The monoisotopic (exact) mass is 437 g/mol. The number of anilines is 2. The van der Waals surface area contributed by atoms with E-state index in [-0.39, 0.29) is 11.4 Å². The van der Waals surface area contributed by atoms with E-state index in [1.165, 1.54) is 30.3 Å². The second-order valence-corrected chi connectivity index (χ2v) is 6.68. The molecule has 0 aliphatic carbocycles. The number of nitro benzene ring substituents is 2. The summed E-state index contributed by atoms with van der Waals surface area (Å²) in [6, 6.07) is 9.02. The summed E-state index contributed by atoms with van der Waals surface area (Å²) < 4.78 is 10.5. The van der Waals surface area contributed by atoms with Gasteiger partial charge in [-0.15, -0.1) is 0 Å². The Labute approximate surface area is 174 Å². The molecule has 1 aliphatic heterocycles. The summed E-state index contributed by atoms with van der Waals surface area (Å²) in [5, 5.41) is 63.9. The standard InChI is InChI=1S/C18H19N3O10/c22-8-14-15(23)16(24)17(18(25)31-14)30-11-4-1-9(2-5-11)19-12-6-3-10(20(26)27)7-13(12)21(28)29/h1-7,14-19,22-25H,8H2/t14-,15-,16+,17-,18+/m1/s1. The summed E-state index contributed by atoms with van der Waals surface area (Å²) in [5.41, 5.74) is -0.467. The van der Waals surface area contributed by atoms with Crippen LogP contribution in [0.15, 0.2) is 42.5 Å². The van der Waals surface area contributed by atoms with E-state index < -0.39 is 58.5 Å². The van der Waals surface area contributed by atoms with Crippen LogP contribution in [-0.4, -0.2) is 67.6 Å². The maximum atomic E-state index is 11.2. The van der Waals surface area contributed by atoms with Gasteiger partial charge in [0.25, 0.3) is 11.4 Å². The highest BCUT2D eigenvalue weighted by Crippen LogP contribution is 2.32. The quantitative estimate of drug-likeness (QED) is 0.297. The van der Waals surface area contributed by atoms with Crippen LogP contribution in [0, 0.1) is 20.2 Å². The summed E-state index contributed by atoms with van der Waals surface area (Å²) in [7, 11) is 0. The fraction of sp³-hybridized carbons (Fsp3) is 0.333. The Morgan fingerprint density at radius 1 is 1.00 bits per heavy atom. The van der Waals surface area contributed by atoms with Crippen molar-refractivity contribution >= 4 is 22.7 Å². The molecular weight excluding hydrogens is 418 g/mol. The topological polar surface area (TPSA) is 198 Å². The van der Waals surface area contributed by atoms with Crippen molar-refractivity contribution in [1.29, 1.82) is 0 Å². The third kappa shape index (κ3) is 4.87. The molecule has 1 fully saturated rings. The highest BCUT2D eigenvalue weighted by Gasteiger charge is 2.45. The van der Waals surface area contributed by atoms with Crippen LogP contribution in [0.5, 0.6) is 5.75 Å². The Morgan fingerprint density at radius 2 is 1.68 bits per heavy atom. The Hall–Kier alpha value is -3.36. The molecule has 1 saturated heterocycles. The Morgan fingerprint density at radius 3 is 2.26 bits per heavy atom. The molecule has 0 bridgehead atoms. The van der Waals surface area contributed by atoms with Crippen molar-refractivity contribution in [2.45, 2.75) is 30.7 Å². The normalized spacial score (nSPS) is 25.6. The lowest BCUT2D eigenvalue weighted by atomic mass is 9.99. The van der Waals surface area contributed by atoms with Crippen molar-refractivity contribution in [2.75, 3.05) is 11.9 Å². The van der Waals surface area contributed by atoms with Crippen LogP contribution in [0.4, 0.5) is 22.7 Å². The molecule has 0 spiro atoms. The highest BCUT2D eigenvalue weighted by molar-refractivity contribution is 5.71. The SMILES string of the molecule is O=[N+]([O-])c1ccc(Nc2ccc(O[C@@H]3[C@@H](O)[C@H](O)[C@@H](CO)O[C@@H]3O)cc2)c([N+](=O)[O-])c1. The smallest absolute Gasteiger partial charge is 0.299 e. The van der Waals surface area contributed by atoms with Gasteiger partial charge in [0.2, 0.25) is 0 Å².